The minimum atomic E-state index is 0.500. The van der Waals surface area contributed by atoms with Crippen LogP contribution in [0, 0.1) is 30.6 Å². The van der Waals surface area contributed by atoms with Gasteiger partial charge in [-0.3, -0.25) is 0 Å². The topological polar surface area (TPSA) is 12.0 Å². The van der Waals surface area contributed by atoms with Crippen molar-refractivity contribution in [1.82, 2.24) is 5.32 Å². The van der Waals surface area contributed by atoms with E-state index >= 15 is 0 Å². The van der Waals surface area contributed by atoms with Gasteiger partial charge < -0.3 is 5.32 Å². The Bertz CT molecular complexity index is 477. The van der Waals surface area contributed by atoms with E-state index < -0.39 is 0 Å². The highest BCUT2D eigenvalue weighted by atomic mass is 15.0. The van der Waals surface area contributed by atoms with Gasteiger partial charge in [-0.25, -0.2) is 0 Å². The molecule has 0 aromatic heterocycles. The molecule has 2 bridgehead atoms. The summed E-state index contributed by atoms with van der Waals surface area (Å²) in [4.78, 5) is 0. The van der Waals surface area contributed by atoms with Crippen molar-refractivity contribution in [2.24, 2.45) is 23.7 Å². The maximum Gasteiger partial charge on any atom is 0.0294 e. The highest BCUT2D eigenvalue weighted by Gasteiger charge is 2.53. The molecule has 6 atom stereocenters. The Morgan fingerprint density at radius 3 is 2.55 bits per heavy atom. The van der Waals surface area contributed by atoms with E-state index in [0.29, 0.717) is 6.04 Å². The van der Waals surface area contributed by atoms with Gasteiger partial charge in [0, 0.05) is 12.1 Å². The first-order chi connectivity index (χ1) is 9.72. The zero-order chi connectivity index (χ0) is 13.7. The van der Waals surface area contributed by atoms with E-state index in [-0.39, 0.29) is 0 Å². The van der Waals surface area contributed by atoms with Gasteiger partial charge in [-0.1, -0.05) is 36.2 Å². The van der Waals surface area contributed by atoms with Crippen LogP contribution < -0.4 is 5.32 Å². The molecule has 5 unspecified atom stereocenters. The van der Waals surface area contributed by atoms with E-state index in [0.717, 1.165) is 29.7 Å². The van der Waals surface area contributed by atoms with E-state index in [4.69, 9.17) is 0 Å². The van der Waals surface area contributed by atoms with E-state index in [9.17, 15) is 0 Å². The van der Waals surface area contributed by atoms with Gasteiger partial charge in [-0.15, -0.1) is 0 Å². The molecule has 3 aliphatic rings. The molecule has 3 aliphatic carbocycles. The highest BCUT2D eigenvalue weighted by Crippen LogP contribution is 2.58. The second-order valence-corrected chi connectivity index (χ2v) is 7.56. The van der Waals surface area contributed by atoms with Gasteiger partial charge in [0.1, 0.15) is 0 Å². The summed E-state index contributed by atoms with van der Waals surface area (Å²) < 4.78 is 0. The SMILES string of the molecule is Cc1ccc([C@@H](C)NC2CC3CC2C2CCCC32)cc1. The third kappa shape index (κ3) is 2.02. The Balaban J connectivity index is 1.44. The van der Waals surface area contributed by atoms with Gasteiger partial charge in [-0.2, -0.15) is 0 Å². The number of aryl methyl sites for hydroxylation is 1. The molecule has 1 aromatic rings. The first-order valence-electron chi connectivity index (χ1n) is 8.55. The van der Waals surface area contributed by atoms with Gasteiger partial charge in [0.15, 0.2) is 0 Å². The second-order valence-electron chi connectivity index (χ2n) is 7.56. The van der Waals surface area contributed by atoms with Crippen molar-refractivity contribution in [3.05, 3.63) is 35.4 Å². The smallest absolute Gasteiger partial charge is 0.0294 e. The lowest BCUT2D eigenvalue weighted by atomic mass is 9.79. The van der Waals surface area contributed by atoms with Crippen molar-refractivity contribution >= 4 is 0 Å². The normalized spacial score (nSPS) is 40.0. The number of fused-ring (bicyclic) bond motifs is 5. The van der Waals surface area contributed by atoms with E-state index in [1.165, 1.54) is 43.2 Å². The van der Waals surface area contributed by atoms with E-state index in [1.807, 2.05) is 0 Å². The van der Waals surface area contributed by atoms with Crippen molar-refractivity contribution in [2.45, 2.75) is 58.0 Å². The van der Waals surface area contributed by atoms with Crippen molar-refractivity contribution in [1.29, 1.82) is 0 Å². The van der Waals surface area contributed by atoms with Crippen molar-refractivity contribution in [2.75, 3.05) is 0 Å². The summed E-state index contributed by atoms with van der Waals surface area (Å²) >= 11 is 0. The summed E-state index contributed by atoms with van der Waals surface area (Å²) in [6, 6.07) is 10.3. The van der Waals surface area contributed by atoms with Gasteiger partial charge in [0.25, 0.3) is 0 Å². The maximum absolute atomic E-state index is 3.96. The zero-order valence-corrected chi connectivity index (χ0v) is 12.8. The number of benzene rings is 1. The van der Waals surface area contributed by atoms with Crippen molar-refractivity contribution < 1.29 is 0 Å². The van der Waals surface area contributed by atoms with Crippen LogP contribution in [0.2, 0.25) is 0 Å². The van der Waals surface area contributed by atoms with Gasteiger partial charge in [0.2, 0.25) is 0 Å². The third-order valence-corrected chi connectivity index (χ3v) is 6.47. The lowest BCUT2D eigenvalue weighted by molar-refractivity contribution is 0.200. The van der Waals surface area contributed by atoms with Crippen LogP contribution in [-0.2, 0) is 0 Å². The first-order valence-corrected chi connectivity index (χ1v) is 8.55. The summed E-state index contributed by atoms with van der Waals surface area (Å²) in [5.74, 6) is 4.21. The Morgan fingerprint density at radius 2 is 1.75 bits per heavy atom. The molecule has 1 heteroatoms. The van der Waals surface area contributed by atoms with Crippen molar-refractivity contribution in [3.8, 4) is 0 Å². The molecule has 108 valence electrons. The van der Waals surface area contributed by atoms with E-state index in [1.54, 1.807) is 0 Å². The average molecular weight is 269 g/mol. The summed E-state index contributed by atoms with van der Waals surface area (Å²) in [5, 5.41) is 3.96. The fourth-order valence-corrected chi connectivity index (χ4v) is 5.53. The van der Waals surface area contributed by atoms with Crippen LogP contribution in [0.5, 0.6) is 0 Å². The molecule has 1 aromatic carbocycles. The molecule has 0 amide bonds. The predicted molar refractivity (Wildman–Crippen MR) is 83.6 cm³/mol. The minimum absolute atomic E-state index is 0.500. The zero-order valence-electron chi connectivity index (χ0n) is 12.8. The fourth-order valence-electron chi connectivity index (χ4n) is 5.53. The van der Waals surface area contributed by atoms with Crippen LogP contribution in [0.4, 0.5) is 0 Å². The summed E-state index contributed by atoms with van der Waals surface area (Å²) in [7, 11) is 0. The molecule has 0 saturated heterocycles. The molecule has 1 nitrogen and oxygen atoms in total. The molecule has 20 heavy (non-hydrogen) atoms. The van der Waals surface area contributed by atoms with Gasteiger partial charge >= 0.3 is 0 Å². The quantitative estimate of drug-likeness (QED) is 0.853. The average Bonchev–Trinajstić information content (AvgIpc) is 3.11. The van der Waals surface area contributed by atoms with Crippen molar-refractivity contribution in [3.63, 3.8) is 0 Å². The number of hydrogen-bond donors (Lipinski definition) is 1. The Hall–Kier alpha value is -0.820. The molecule has 3 saturated carbocycles. The monoisotopic (exact) mass is 269 g/mol. The fraction of sp³-hybridized carbons (Fsp3) is 0.684. The Labute approximate surface area is 123 Å². The summed E-state index contributed by atoms with van der Waals surface area (Å²) in [6.07, 6.45) is 7.52. The number of rotatable bonds is 3. The lowest BCUT2D eigenvalue weighted by Gasteiger charge is -2.34. The minimum Gasteiger partial charge on any atom is -0.307 e. The second kappa shape index (κ2) is 4.87. The highest BCUT2D eigenvalue weighted by molar-refractivity contribution is 5.24. The van der Waals surface area contributed by atoms with Crippen LogP contribution in [0.1, 0.15) is 56.2 Å². The molecule has 1 N–H and O–H groups in total. The molecular formula is C19H27N. The molecule has 4 rings (SSSR count). The number of nitrogens with one attached hydrogen (secondary N) is 1. The predicted octanol–water partition coefficient (Wildman–Crippen LogP) is 4.47. The standard InChI is InChI=1S/C19H27N/c1-12-6-8-14(9-7-12)13(2)20-19-11-15-10-18(19)17-5-3-4-16(15)17/h6-9,13,15-20H,3-5,10-11H2,1-2H3/t13-,15?,16?,17?,18?,19?/m1/s1. The third-order valence-electron chi connectivity index (χ3n) is 6.47. The van der Waals surface area contributed by atoms with Crippen LogP contribution in [0.3, 0.4) is 0 Å². The summed E-state index contributed by atoms with van der Waals surface area (Å²) in [5.41, 5.74) is 2.80. The van der Waals surface area contributed by atoms with Gasteiger partial charge in [0.05, 0.1) is 0 Å². The Morgan fingerprint density at radius 1 is 1.00 bits per heavy atom. The van der Waals surface area contributed by atoms with Gasteiger partial charge in [-0.05, 0) is 68.8 Å². The molecular weight excluding hydrogens is 242 g/mol. The van der Waals surface area contributed by atoms with Crippen LogP contribution in [0.15, 0.2) is 24.3 Å². The molecule has 0 aliphatic heterocycles. The molecule has 0 heterocycles. The molecule has 0 radical (unpaired) electrons. The number of hydrogen-bond acceptors (Lipinski definition) is 1. The molecule has 0 spiro atoms. The maximum atomic E-state index is 3.96. The lowest BCUT2D eigenvalue weighted by Crippen LogP contribution is -2.40. The van der Waals surface area contributed by atoms with Crippen LogP contribution in [-0.4, -0.2) is 6.04 Å². The van der Waals surface area contributed by atoms with E-state index in [2.05, 4.69) is 43.4 Å². The van der Waals surface area contributed by atoms with Crippen LogP contribution >= 0.6 is 0 Å². The Kier molecular flexibility index (Phi) is 3.14. The van der Waals surface area contributed by atoms with Crippen LogP contribution in [0.25, 0.3) is 0 Å². The summed E-state index contributed by atoms with van der Waals surface area (Å²) in [6.45, 7) is 4.50. The molecule has 3 fully saturated rings. The first kappa shape index (κ1) is 12.9. The largest absolute Gasteiger partial charge is 0.307 e.